The summed E-state index contributed by atoms with van der Waals surface area (Å²) in [4.78, 5) is 17.9. The van der Waals surface area contributed by atoms with Crippen LogP contribution in [0.15, 0.2) is 48.9 Å². The highest BCUT2D eigenvalue weighted by atomic mass is 19.3. The highest BCUT2D eigenvalue weighted by Gasteiger charge is 2.33. The number of aromatic nitrogens is 1. The van der Waals surface area contributed by atoms with Gasteiger partial charge in [0, 0.05) is 78.7 Å². The van der Waals surface area contributed by atoms with Crippen LogP contribution in [0.2, 0.25) is 0 Å². The number of alkyl halides is 2. The summed E-state index contributed by atoms with van der Waals surface area (Å²) in [5, 5.41) is 10.0. The molecule has 0 atom stereocenters. The highest BCUT2D eigenvalue weighted by molar-refractivity contribution is 6.10. The van der Waals surface area contributed by atoms with Crippen LogP contribution in [-0.4, -0.2) is 36.1 Å². The molecule has 0 spiro atoms. The number of allylic oxidation sites excluding steroid dienone is 1. The number of pyridine rings is 1. The first kappa shape index (κ1) is 22.1. The van der Waals surface area contributed by atoms with E-state index in [-0.39, 0.29) is 37.1 Å². The summed E-state index contributed by atoms with van der Waals surface area (Å²) in [5.41, 5.74) is 7.32. The number of piperidine rings is 1. The van der Waals surface area contributed by atoms with Crippen molar-refractivity contribution in [2.75, 3.05) is 23.3 Å². The first-order valence-corrected chi connectivity index (χ1v) is 9.61. The van der Waals surface area contributed by atoms with Crippen LogP contribution in [0.1, 0.15) is 24.0 Å². The molecule has 0 saturated carbocycles. The summed E-state index contributed by atoms with van der Waals surface area (Å²) < 4.78 is 40.7. The number of hydrogen-bond donors (Lipinski definition) is 3. The van der Waals surface area contributed by atoms with E-state index in [0.717, 1.165) is 24.3 Å². The van der Waals surface area contributed by atoms with Gasteiger partial charge in [-0.3, -0.25) is 9.78 Å². The smallest absolute Gasteiger partial charge is 0.251 e. The van der Waals surface area contributed by atoms with Crippen LogP contribution in [-0.2, 0) is 4.79 Å². The summed E-state index contributed by atoms with van der Waals surface area (Å²) >= 11 is 0. The molecule has 31 heavy (non-hydrogen) atoms. The molecule has 1 aliphatic rings. The van der Waals surface area contributed by atoms with Gasteiger partial charge in [0.15, 0.2) is 0 Å². The fraction of sp³-hybridized carbons (Fsp3) is 0.227. The minimum atomic E-state index is -2.60. The number of nitrogens with one attached hydrogen (secondary N) is 2. The minimum absolute atomic E-state index is 0.0769. The Kier molecular flexibility index (Phi) is 6.74. The van der Waals surface area contributed by atoms with Crippen molar-refractivity contribution in [1.82, 2.24) is 4.98 Å². The van der Waals surface area contributed by atoms with E-state index in [0.29, 0.717) is 11.3 Å². The van der Waals surface area contributed by atoms with Gasteiger partial charge < -0.3 is 21.4 Å². The van der Waals surface area contributed by atoms with Crippen LogP contribution >= 0.6 is 0 Å². The molecular formula is C22H22F3N5O. The third kappa shape index (κ3) is 5.50. The van der Waals surface area contributed by atoms with Gasteiger partial charge in [0.05, 0.1) is 6.20 Å². The zero-order valence-corrected chi connectivity index (χ0v) is 16.6. The van der Waals surface area contributed by atoms with Crippen molar-refractivity contribution in [3.05, 3.63) is 65.9 Å². The second-order valence-corrected chi connectivity index (χ2v) is 7.06. The topological polar surface area (TPSA) is 95.1 Å². The van der Waals surface area contributed by atoms with E-state index in [9.17, 15) is 18.0 Å². The number of carbonyl (C=O) groups excluding carboxylic acids is 1. The van der Waals surface area contributed by atoms with Crippen molar-refractivity contribution in [2.24, 2.45) is 5.73 Å². The van der Waals surface area contributed by atoms with Gasteiger partial charge >= 0.3 is 0 Å². The Morgan fingerprint density at radius 1 is 1.19 bits per heavy atom. The number of rotatable bonds is 6. The lowest BCUT2D eigenvalue weighted by atomic mass is 10.0. The van der Waals surface area contributed by atoms with Crippen LogP contribution in [0, 0.1) is 11.2 Å². The third-order valence-electron chi connectivity index (χ3n) is 4.96. The predicted octanol–water partition coefficient (Wildman–Crippen LogP) is 4.06. The normalized spacial score (nSPS) is 16.4. The number of benzene rings is 1. The fourth-order valence-corrected chi connectivity index (χ4v) is 3.28. The molecule has 6 nitrogen and oxygen atoms in total. The molecular weight excluding hydrogens is 407 g/mol. The van der Waals surface area contributed by atoms with Crippen LogP contribution in [0.3, 0.4) is 0 Å². The minimum Gasteiger partial charge on any atom is -0.404 e. The van der Waals surface area contributed by atoms with Crippen molar-refractivity contribution in [2.45, 2.75) is 18.8 Å². The van der Waals surface area contributed by atoms with Crippen LogP contribution in [0.25, 0.3) is 11.6 Å². The lowest BCUT2D eigenvalue weighted by Gasteiger charge is -2.33. The van der Waals surface area contributed by atoms with Gasteiger partial charge in [0.2, 0.25) is 5.91 Å². The molecule has 0 radical (unpaired) electrons. The van der Waals surface area contributed by atoms with Crippen molar-refractivity contribution >= 4 is 35.1 Å². The molecule has 3 rings (SSSR count). The summed E-state index contributed by atoms with van der Waals surface area (Å²) in [6.45, 7) is 0.556. The third-order valence-corrected chi connectivity index (χ3v) is 4.96. The van der Waals surface area contributed by atoms with E-state index < -0.39 is 17.6 Å². The number of amides is 1. The molecule has 1 fully saturated rings. The van der Waals surface area contributed by atoms with E-state index in [4.69, 9.17) is 11.1 Å². The number of hydrogen-bond acceptors (Lipinski definition) is 5. The number of carbonyl (C=O) groups is 1. The Morgan fingerprint density at radius 2 is 1.87 bits per heavy atom. The molecule has 2 heterocycles. The average Bonchev–Trinajstić information content (AvgIpc) is 2.75. The molecule has 1 amide bonds. The molecule has 0 aliphatic carbocycles. The van der Waals surface area contributed by atoms with Crippen molar-refractivity contribution < 1.29 is 18.0 Å². The molecule has 4 N–H and O–H groups in total. The van der Waals surface area contributed by atoms with Gasteiger partial charge in [0.1, 0.15) is 5.82 Å². The summed E-state index contributed by atoms with van der Waals surface area (Å²) in [5.74, 6) is -3.71. The number of anilines is 2. The Hall–Kier alpha value is -3.62. The molecule has 0 bridgehead atoms. The van der Waals surface area contributed by atoms with Crippen molar-refractivity contribution in [3.63, 3.8) is 0 Å². The molecule has 2 aromatic rings. The predicted molar refractivity (Wildman–Crippen MR) is 116 cm³/mol. The summed E-state index contributed by atoms with van der Waals surface area (Å²) in [7, 11) is 0. The Bertz CT molecular complexity index is 1010. The quantitative estimate of drug-likeness (QED) is 0.477. The second-order valence-electron chi connectivity index (χ2n) is 7.06. The molecule has 0 unspecified atom stereocenters. The van der Waals surface area contributed by atoms with E-state index in [1.807, 2.05) is 4.90 Å². The van der Waals surface area contributed by atoms with E-state index in [1.54, 1.807) is 24.3 Å². The molecule has 1 saturated heterocycles. The maximum absolute atomic E-state index is 14.1. The lowest BCUT2D eigenvalue weighted by molar-refractivity contribution is -0.111. The first-order valence-electron chi connectivity index (χ1n) is 9.61. The molecule has 1 aliphatic heterocycles. The van der Waals surface area contributed by atoms with Crippen molar-refractivity contribution in [1.29, 1.82) is 5.41 Å². The Balaban J connectivity index is 1.66. The monoisotopic (exact) mass is 429 g/mol. The van der Waals surface area contributed by atoms with Crippen LogP contribution in [0.4, 0.5) is 24.5 Å². The fourth-order valence-electron chi connectivity index (χ4n) is 3.28. The van der Waals surface area contributed by atoms with Gasteiger partial charge in [-0.05, 0) is 30.3 Å². The maximum atomic E-state index is 14.1. The van der Waals surface area contributed by atoms with E-state index >= 15 is 0 Å². The molecule has 162 valence electrons. The van der Waals surface area contributed by atoms with Crippen LogP contribution < -0.4 is 16.0 Å². The van der Waals surface area contributed by atoms with Gasteiger partial charge in [-0.2, -0.15) is 0 Å². The van der Waals surface area contributed by atoms with E-state index in [2.05, 4.69) is 10.3 Å². The zero-order valence-electron chi connectivity index (χ0n) is 16.6. The van der Waals surface area contributed by atoms with Gasteiger partial charge in [-0.25, -0.2) is 13.2 Å². The van der Waals surface area contributed by atoms with Crippen molar-refractivity contribution in [3.8, 4) is 0 Å². The second kappa shape index (κ2) is 9.46. The first-order chi connectivity index (χ1) is 14.8. The van der Waals surface area contributed by atoms with Gasteiger partial charge in [-0.15, -0.1) is 0 Å². The number of halogens is 3. The van der Waals surface area contributed by atoms with Gasteiger partial charge in [-0.1, -0.05) is 0 Å². The largest absolute Gasteiger partial charge is 0.404 e. The standard InChI is InChI=1S/C22H22F3N5O/c23-19-14-28-13-15(21(19)16(11-26)12-27)1-6-20(31)29-17-2-4-18(5-3-17)30-9-7-22(24,25)8-10-30/h1-6,11-14,26H,7-10,27H2,(H,29,31)/b6-1+,16-12+,26-11?. The lowest BCUT2D eigenvalue weighted by Crippen LogP contribution is -2.39. The number of nitrogens with two attached hydrogens (primary N) is 1. The molecule has 9 heteroatoms. The highest BCUT2D eigenvalue weighted by Crippen LogP contribution is 2.30. The Labute approximate surface area is 177 Å². The van der Waals surface area contributed by atoms with E-state index in [1.165, 1.54) is 18.3 Å². The summed E-state index contributed by atoms with van der Waals surface area (Å²) in [6.07, 6.45) is 6.65. The molecule has 1 aromatic heterocycles. The average molecular weight is 429 g/mol. The molecule has 1 aromatic carbocycles. The van der Waals surface area contributed by atoms with Gasteiger partial charge in [0.25, 0.3) is 5.92 Å². The zero-order chi connectivity index (χ0) is 22.4. The summed E-state index contributed by atoms with van der Waals surface area (Å²) in [6, 6.07) is 6.90. The van der Waals surface area contributed by atoms with Crippen LogP contribution in [0.5, 0.6) is 0 Å². The maximum Gasteiger partial charge on any atom is 0.251 e. The number of nitrogens with zero attached hydrogens (tertiary/aromatic N) is 2. The Morgan fingerprint density at radius 3 is 2.48 bits per heavy atom. The SMILES string of the molecule is N=C/C(=C\N)c1c(F)cncc1/C=C/C(=O)Nc1ccc(N2CCC(F)(F)CC2)cc1.